The fourth-order valence-corrected chi connectivity index (χ4v) is 1.41. The number of hydrogen-bond acceptors (Lipinski definition) is 3. The number of benzene rings is 2. The summed E-state index contributed by atoms with van der Waals surface area (Å²) in [7, 11) is 0. The first kappa shape index (κ1) is 12.6. The number of rotatable bonds is 2. The summed E-state index contributed by atoms with van der Waals surface area (Å²) in [6, 6.07) is 15.5. The molecule has 0 saturated carbocycles. The van der Waals surface area contributed by atoms with E-state index in [2.05, 4.69) is 0 Å². The Bertz CT molecular complexity index is 492. The first-order valence-corrected chi connectivity index (χ1v) is 4.95. The summed E-state index contributed by atoms with van der Waals surface area (Å²) < 4.78 is 0. The van der Waals surface area contributed by atoms with Gasteiger partial charge in [0.15, 0.2) is 5.78 Å². The van der Waals surface area contributed by atoms with Gasteiger partial charge < -0.3 is 9.90 Å². The highest BCUT2D eigenvalue weighted by molar-refractivity contribution is 6.10. The zero-order valence-corrected chi connectivity index (χ0v) is 9.17. The van der Waals surface area contributed by atoms with Crippen molar-refractivity contribution in [3.63, 3.8) is 0 Å². The fraction of sp³-hybridized carbons (Fsp3) is 0. The number of hydrogen-bond donors (Lipinski definition) is 1. The molecule has 2 rings (SSSR count). The van der Waals surface area contributed by atoms with Gasteiger partial charge in [-0.15, -0.1) is 0 Å². The van der Waals surface area contributed by atoms with Crippen molar-refractivity contribution in [3.8, 4) is 5.75 Å². The maximum absolute atomic E-state index is 11.9. The van der Waals surface area contributed by atoms with Gasteiger partial charge in [0, 0.05) is 5.56 Å². The Balaban J connectivity index is 0.000000686. The first-order chi connectivity index (χ1) is 8.29. The Labute approximate surface area is 99.3 Å². The van der Waals surface area contributed by atoms with Crippen LogP contribution < -0.4 is 0 Å². The largest absolute Gasteiger partial charge is 0.507 e. The molecule has 0 aromatic heterocycles. The minimum Gasteiger partial charge on any atom is -0.507 e. The van der Waals surface area contributed by atoms with Crippen LogP contribution in [0.2, 0.25) is 0 Å². The summed E-state index contributed by atoms with van der Waals surface area (Å²) in [5.74, 6) is -0.139. The van der Waals surface area contributed by atoms with Crippen molar-refractivity contribution in [1.82, 2.24) is 0 Å². The van der Waals surface area contributed by atoms with Crippen LogP contribution in [0, 0.1) is 0 Å². The molecule has 3 nitrogen and oxygen atoms in total. The molecule has 0 aliphatic carbocycles. The van der Waals surface area contributed by atoms with Crippen molar-refractivity contribution in [2.75, 3.05) is 0 Å². The lowest BCUT2D eigenvalue weighted by Gasteiger charge is -2.02. The van der Waals surface area contributed by atoms with E-state index in [0.29, 0.717) is 11.1 Å². The highest BCUT2D eigenvalue weighted by Crippen LogP contribution is 2.19. The van der Waals surface area contributed by atoms with E-state index in [1.807, 2.05) is 12.9 Å². The summed E-state index contributed by atoms with van der Waals surface area (Å²) >= 11 is 0. The molecular weight excluding hydrogens is 216 g/mol. The van der Waals surface area contributed by atoms with Gasteiger partial charge in [0.05, 0.1) is 5.56 Å². The molecule has 0 bridgehead atoms. The first-order valence-electron chi connectivity index (χ1n) is 4.95. The number of ketones is 1. The van der Waals surface area contributed by atoms with Crippen molar-refractivity contribution in [2.45, 2.75) is 0 Å². The van der Waals surface area contributed by atoms with Crippen molar-refractivity contribution in [3.05, 3.63) is 65.7 Å². The minimum absolute atomic E-state index is 0.0198. The third-order valence-corrected chi connectivity index (χ3v) is 2.18. The molecule has 0 aliphatic heterocycles. The summed E-state index contributed by atoms with van der Waals surface area (Å²) in [5.41, 5.74) is 0.919. The lowest BCUT2D eigenvalue weighted by atomic mass is 10.0. The topological polar surface area (TPSA) is 54.4 Å². The fourth-order valence-electron chi connectivity index (χ4n) is 1.41. The van der Waals surface area contributed by atoms with Gasteiger partial charge in [-0.1, -0.05) is 42.5 Å². The average molecular weight is 228 g/mol. The van der Waals surface area contributed by atoms with Crippen molar-refractivity contribution in [2.24, 2.45) is 0 Å². The molecule has 0 heterocycles. The van der Waals surface area contributed by atoms with E-state index in [-0.39, 0.29) is 11.5 Å². The molecule has 0 saturated heterocycles. The van der Waals surface area contributed by atoms with Crippen LogP contribution in [0.25, 0.3) is 0 Å². The molecule has 0 spiro atoms. The van der Waals surface area contributed by atoms with E-state index in [0.717, 1.165) is 0 Å². The summed E-state index contributed by atoms with van der Waals surface area (Å²) in [6.07, 6.45) is 0. The second-order valence-electron chi connectivity index (χ2n) is 3.21. The van der Waals surface area contributed by atoms with Gasteiger partial charge in [0.25, 0.3) is 0 Å². The Morgan fingerprint density at radius 1 is 0.882 bits per heavy atom. The van der Waals surface area contributed by atoms with Crippen molar-refractivity contribution >= 4 is 12.6 Å². The maximum atomic E-state index is 11.9. The Kier molecular flexibility index (Phi) is 4.63. The zero-order valence-electron chi connectivity index (χ0n) is 9.17. The lowest BCUT2D eigenvalue weighted by molar-refractivity contribution is -0.0979. The number of carbonyl (C=O) groups excluding carboxylic acids is 2. The zero-order chi connectivity index (χ0) is 12.7. The average Bonchev–Trinajstić information content (AvgIpc) is 2.42. The Morgan fingerprint density at radius 2 is 1.41 bits per heavy atom. The van der Waals surface area contributed by atoms with Gasteiger partial charge in [-0.3, -0.25) is 4.79 Å². The Morgan fingerprint density at radius 3 is 2.00 bits per heavy atom. The SMILES string of the molecule is C=O.O=C(c1ccccc1)c1ccccc1O. The number of para-hydroxylation sites is 1. The predicted octanol–water partition coefficient (Wildman–Crippen LogP) is 2.44. The minimum atomic E-state index is -0.159. The quantitative estimate of drug-likeness (QED) is 0.803. The number of aromatic hydroxyl groups is 1. The second-order valence-corrected chi connectivity index (χ2v) is 3.21. The van der Waals surface area contributed by atoms with E-state index in [1.54, 1.807) is 42.5 Å². The summed E-state index contributed by atoms with van der Waals surface area (Å²) in [5, 5.41) is 9.52. The second kappa shape index (κ2) is 6.23. The van der Waals surface area contributed by atoms with E-state index in [4.69, 9.17) is 4.79 Å². The monoisotopic (exact) mass is 228 g/mol. The van der Waals surface area contributed by atoms with E-state index < -0.39 is 0 Å². The van der Waals surface area contributed by atoms with Crippen LogP contribution in [-0.4, -0.2) is 17.7 Å². The number of phenolic OH excluding ortho intramolecular Hbond substituents is 1. The molecule has 0 atom stereocenters. The van der Waals surface area contributed by atoms with Crippen LogP contribution in [0.5, 0.6) is 5.75 Å². The van der Waals surface area contributed by atoms with Gasteiger partial charge in [-0.25, -0.2) is 0 Å². The molecule has 0 fully saturated rings. The Hall–Kier alpha value is -2.42. The lowest BCUT2D eigenvalue weighted by Crippen LogP contribution is -2.00. The summed E-state index contributed by atoms with van der Waals surface area (Å²) in [4.78, 5) is 19.9. The third-order valence-electron chi connectivity index (χ3n) is 2.18. The van der Waals surface area contributed by atoms with Gasteiger partial charge >= 0.3 is 0 Å². The van der Waals surface area contributed by atoms with Gasteiger partial charge in [0.1, 0.15) is 12.5 Å². The smallest absolute Gasteiger partial charge is 0.196 e. The predicted molar refractivity (Wildman–Crippen MR) is 65.1 cm³/mol. The van der Waals surface area contributed by atoms with E-state index in [9.17, 15) is 9.90 Å². The third kappa shape index (κ3) is 3.01. The summed E-state index contributed by atoms with van der Waals surface area (Å²) in [6.45, 7) is 2.00. The molecule has 17 heavy (non-hydrogen) atoms. The van der Waals surface area contributed by atoms with Crippen LogP contribution in [0.15, 0.2) is 54.6 Å². The highest BCUT2D eigenvalue weighted by atomic mass is 16.3. The molecule has 0 aliphatic rings. The molecule has 2 aromatic carbocycles. The van der Waals surface area contributed by atoms with Gasteiger partial charge in [-0.2, -0.15) is 0 Å². The highest BCUT2D eigenvalue weighted by Gasteiger charge is 2.11. The molecule has 1 N–H and O–H groups in total. The molecule has 86 valence electrons. The molecular formula is C14H12O3. The van der Waals surface area contributed by atoms with Gasteiger partial charge in [0.2, 0.25) is 0 Å². The van der Waals surface area contributed by atoms with Gasteiger partial charge in [-0.05, 0) is 12.1 Å². The standard InChI is InChI=1S/C13H10O2.CH2O/c14-12-9-5-4-8-11(12)13(15)10-6-2-1-3-7-10;1-2/h1-9,14H;1H2. The van der Waals surface area contributed by atoms with E-state index in [1.165, 1.54) is 6.07 Å². The maximum Gasteiger partial charge on any atom is 0.196 e. The van der Waals surface area contributed by atoms with E-state index >= 15 is 0 Å². The van der Waals surface area contributed by atoms with Crippen molar-refractivity contribution in [1.29, 1.82) is 0 Å². The van der Waals surface area contributed by atoms with Crippen LogP contribution in [-0.2, 0) is 4.79 Å². The van der Waals surface area contributed by atoms with Crippen LogP contribution in [0.1, 0.15) is 15.9 Å². The van der Waals surface area contributed by atoms with Crippen molar-refractivity contribution < 1.29 is 14.7 Å². The normalized spacial score (nSPS) is 8.94. The number of carbonyl (C=O) groups is 2. The molecule has 3 heteroatoms. The molecule has 0 amide bonds. The van der Waals surface area contributed by atoms with Crippen LogP contribution in [0.4, 0.5) is 0 Å². The van der Waals surface area contributed by atoms with Crippen LogP contribution >= 0.6 is 0 Å². The number of phenols is 1. The molecule has 0 unspecified atom stereocenters. The molecule has 0 radical (unpaired) electrons. The molecule has 2 aromatic rings. The van der Waals surface area contributed by atoms with Crippen LogP contribution in [0.3, 0.4) is 0 Å².